The fourth-order valence-corrected chi connectivity index (χ4v) is 7.46. The molecule has 2 aromatic carbocycles. The lowest BCUT2D eigenvalue weighted by Crippen LogP contribution is -2.77. The number of aromatic hydroxyl groups is 1. The average molecular weight is 558 g/mol. The van der Waals surface area contributed by atoms with Crippen LogP contribution in [0.25, 0.3) is 0 Å². The molecule has 1 spiro atoms. The number of ether oxygens (including phenoxy) is 1. The molecule has 9 nitrogen and oxygen atoms in total. The number of alkyl halides is 3. The molecule has 6 rings (SSSR count). The third-order valence-corrected chi connectivity index (χ3v) is 9.34. The number of likely N-dealkylation sites (tertiary alicyclic amines) is 1. The molecule has 40 heavy (non-hydrogen) atoms. The highest BCUT2D eigenvalue weighted by Gasteiger charge is 2.74. The molecule has 1 amide bonds. The van der Waals surface area contributed by atoms with Crippen LogP contribution in [-0.2, 0) is 22.8 Å². The van der Waals surface area contributed by atoms with Gasteiger partial charge in [0.15, 0.2) is 11.5 Å². The number of carbonyl (C=O) groups excluding carboxylic acids is 1. The first-order chi connectivity index (χ1) is 18.8. The minimum absolute atomic E-state index is 0.107. The quantitative estimate of drug-likeness (QED) is 0.331. The zero-order chi connectivity index (χ0) is 28.8. The summed E-state index contributed by atoms with van der Waals surface area (Å²) in [5.74, 6) is 4.23. The van der Waals surface area contributed by atoms with E-state index in [0.29, 0.717) is 36.9 Å². The Labute approximate surface area is 227 Å². The molecule has 0 unspecified atom stereocenters. The lowest BCUT2D eigenvalue weighted by molar-refractivity contribution is -0.386. The van der Waals surface area contributed by atoms with Gasteiger partial charge >= 0.3 is 6.18 Å². The van der Waals surface area contributed by atoms with E-state index in [-0.39, 0.29) is 29.2 Å². The number of likely N-dealkylation sites (N-methyl/N-ethyl adjacent to an activating group) is 2. The molecule has 2 aromatic rings. The number of phenolic OH excluding ortho intramolecular Hbond substituents is 1. The summed E-state index contributed by atoms with van der Waals surface area (Å²) in [5.41, 5.74) is -2.32. The summed E-state index contributed by atoms with van der Waals surface area (Å²) in [7, 11) is 3.41. The van der Waals surface area contributed by atoms with Crippen LogP contribution in [0.3, 0.4) is 0 Å². The normalized spacial score (nSPS) is 30.0. The van der Waals surface area contributed by atoms with Crippen molar-refractivity contribution in [3.05, 3.63) is 62.7 Å². The number of nitro groups is 1. The highest BCUT2D eigenvalue weighted by molar-refractivity contribution is 5.94. The maximum absolute atomic E-state index is 13.2. The Hall–Kier alpha value is -3.82. The Morgan fingerprint density at radius 3 is 2.62 bits per heavy atom. The van der Waals surface area contributed by atoms with Crippen molar-refractivity contribution in [1.29, 1.82) is 0 Å². The summed E-state index contributed by atoms with van der Waals surface area (Å²) >= 11 is 0. The molecule has 210 valence electrons. The van der Waals surface area contributed by atoms with Gasteiger partial charge in [0.25, 0.3) is 11.6 Å². The maximum atomic E-state index is 13.2. The molecule has 0 aromatic heterocycles. The highest BCUT2D eigenvalue weighted by Crippen LogP contribution is 2.66. The fraction of sp³-hybridized carbons (Fsp3) is 0.464. The van der Waals surface area contributed by atoms with E-state index in [9.17, 15) is 38.3 Å². The van der Waals surface area contributed by atoms with Crippen molar-refractivity contribution in [1.82, 2.24) is 9.80 Å². The average Bonchev–Trinajstić information content (AvgIpc) is 3.25. The monoisotopic (exact) mass is 557 g/mol. The number of aliphatic hydroxyl groups is 1. The number of benzene rings is 2. The number of halogens is 3. The zero-order valence-electron chi connectivity index (χ0n) is 21.7. The SMILES string of the molecule is CN1CC[C@]23c4c5c([N+](=O)[O-])cc(O)c4O[C@H]2[C@@H](N(C)C(=O)C#Cc2ccc(C(F)(F)F)cc2)CC[C@@]3(O)[C@H]1C5. The van der Waals surface area contributed by atoms with Crippen LogP contribution in [-0.4, -0.2) is 75.3 Å². The smallest absolute Gasteiger partial charge is 0.416 e. The van der Waals surface area contributed by atoms with Gasteiger partial charge in [-0.15, -0.1) is 0 Å². The number of amides is 1. The fourth-order valence-electron chi connectivity index (χ4n) is 7.46. The first kappa shape index (κ1) is 26.4. The molecule has 2 bridgehead atoms. The Balaban J connectivity index is 1.37. The Morgan fingerprint density at radius 1 is 1.27 bits per heavy atom. The number of hydrogen-bond donors (Lipinski definition) is 2. The molecule has 1 saturated heterocycles. The van der Waals surface area contributed by atoms with Crippen LogP contribution in [0, 0.1) is 22.0 Å². The van der Waals surface area contributed by atoms with Gasteiger partial charge in [-0.3, -0.25) is 14.9 Å². The first-order valence-corrected chi connectivity index (χ1v) is 12.9. The van der Waals surface area contributed by atoms with Crippen LogP contribution in [0.4, 0.5) is 18.9 Å². The number of rotatable bonds is 2. The van der Waals surface area contributed by atoms with E-state index < -0.39 is 51.8 Å². The molecule has 1 saturated carbocycles. The van der Waals surface area contributed by atoms with Crippen molar-refractivity contribution in [3.63, 3.8) is 0 Å². The molecule has 2 N–H and O–H groups in total. The van der Waals surface area contributed by atoms with Crippen LogP contribution in [0.1, 0.15) is 41.5 Å². The van der Waals surface area contributed by atoms with Gasteiger partial charge in [-0.1, -0.05) is 5.92 Å². The summed E-state index contributed by atoms with van der Waals surface area (Å²) in [6.45, 7) is 0.577. The van der Waals surface area contributed by atoms with E-state index in [0.717, 1.165) is 18.2 Å². The molecule has 0 radical (unpaired) electrons. The molecule has 2 aliphatic carbocycles. The molecule has 2 aliphatic heterocycles. The van der Waals surface area contributed by atoms with Gasteiger partial charge in [-0.2, -0.15) is 13.2 Å². The predicted octanol–water partition coefficient (Wildman–Crippen LogP) is 2.98. The third kappa shape index (κ3) is 3.47. The summed E-state index contributed by atoms with van der Waals surface area (Å²) < 4.78 is 44.9. The van der Waals surface area contributed by atoms with Crippen molar-refractivity contribution in [2.45, 2.75) is 61.1 Å². The second-order valence-corrected chi connectivity index (χ2v) is 11.1. The highest BCUT2D eigenvalue weighted by atomic mass is 19.4. The third-order valence-electron chi connectivity index (χ3n) is 9.34. The van der Waals surface area contributed by atoms with Crippen LogP contribution in [0.15, 0.2) is 30.3 Å². The van der Waals surface area contributed by atoms with Crippen molar-refractivity contribution in [2.75, 3.05) is 20.6 Å². The molecule has 4 aliphatic rings. The van der Waals surface area contributed by atoms with Crippen LogP contribution in [0.2, 0.25) is 0 Å². The van der Waals surface area contributed by atoms with E-state index >= 15 is 0 Å². The number of nitro benzene ring substituents is 1. The van der Waals surface area contributed by atoms with Gasteiger partial charge in [0, 0.05) is 35.7 Å². The number of phenols is 1. The number of hydrogen-bond acceptors (Lipinski definition) is 7. The van der Waals surface area contributed by atoms with Crippen LogP contribution >= 0.6 is 0 Å². The summed E-state index contributed by atoms with van der Waals surface area (Å²) in [4.78, 5) is 28.0. The largest absolute Gasteiger partial charge is 0.504 e. The van der Waals surface area contributed by atoms with Crippen molar-refractivity contribution >= 4 is 11.6 Å². The van der Waals surface area contributed by atoms with Crippen molar-refractivity contribution < 1.29 is 37.8 Å². The number of piperidine rings is 1. The van der Waals surface area contributed by atoms with E-state index in [2.05, 4.69) is 11.8 Å². The van der Waals surface area contributed by atoms with E-state index in [1.165, 1.54) is 17.0 Å². The van der Waals surface area contributed by atoms with E-state index in [4.69, 9.17) is 4.74 Å². The van der Waals surface area contributed by atoms with Gasteiger partial charge in [0.1, 0.15) is 6.10 Å². The first-order valence-electron chi connectivity index (χ1n) is 12.9. The van der Waals surface area contributed by atoms with E-state index in [1.54, 1.807) is 7.05 Å². The molecular formula is C28H26F3N3O6. The molecule has 2 fully saturated rings. The summed E-state index contributed by atoms with van der Waals surface area (Å²) in [6, 6.07) is 4.25. The topological polar surface area (TPSA) is 116 Å². The van der Waals surface area contributed by atoms with Crippen LogP contribution < -0.4 is 4.74 Å². The summed E-state index contributed by atoms with van der Waals surface area (Å²) in [6.07, 6.45) is -4.02. The Bertz CT molecular complexity index is 1500. The van der Waals surface area contributed by atoms with Crippen molar-refractivity contribution in [2.24, 2.45) is 0 Å². The Morgan fingerprint density at radius 2 is 1.98 bits per heavy atom. The molecule has 2 heterocycles. The van der Waals surface area contributed by atoms with E-state index in [1.807, 2.05) is 11.9 Å². The van der Waals surface area contributed by atoms with Gasteiger partial charge in [-0.25, -0.2) is 0 Å². The van der Waals surface area contributed by atoms with Crippen molar-refractivity contribution in [3.8, 4) is 23.3 Å². The standard InChI is InChI=1S/C28H26F3N3O6/c1-32-12-11-26-23-17-13-21(32)27(26,37)10-9-18(25(26)40-24(23)20(35)14-19(17)34(38)39)33(2)22(36)8-5-15-3-6-16(7-4-15)28(29,30)31/h3-4,6-7,14,18,21,25,35,37H,9-13H2,1-2H3/t18-,21+,25-,26-,27+/m0/s1. The molecule has 5 atom stereocenters. The maximum Gasteiger partial charge on any atom is 0.416 e. The summed E-state index contributed by atoms with van der Waals surface area (Å²) in [5, 5.41) is 35.0. The predicted molar refractivity (Wildman–Crippen MR) is 135 cm³/mol. The second-order valence-electron chi connectivity index (χ2n) is 11.1. The molecular weight excluding hydrogens is 531 g/mol. The lowest BCUT2D eigenvalue weighted by Gasteiger charge is -2.64. The number of carbonyl (C=O) groups is 1. The van der Waals surface area contributed by atoms with Gasteiger partial charge in [0.05, 0.1) is 33.6 Å². The second kappa shape index (κ2) is 8.59. The zero-order valence-corrected chi connectivity index (χ0v) is 21.7. The Kier molecular flexibility index (Phi) is 5.67. The van der Waals surface area contributed by atoms with Gasteiger partial charge in [0.2, 0.25) is 0 Å². The lowest BCUT2D eigenvalue weighted by atomic mass is 9.48. The van der Waals surface area contributed by atoms with Gasteiger partial charge < -0.3 is 24.7 Å². The van der Waals surface area contributed by atoms with Crippen LogP contribution in [0.5, 0.6) is 11.5 Å². The van der Waals surface area contributed by atoms with Gasteiger partial charge in [-0.05, 0) is 63.5 Å². The minimum Gasteiger partial charge on any atom is -0.504 e. The minimum atomic E-state index is -4.48. The number of nitrogens with zero attached hydrogens (tertiary/aromatic N) is 3. The molecule has 12 heteroatoms.